The summed E-state index contributed by atoms with van der Waals surface area (Å²) < 4.78 is 10.7. The van der Waals surface area contributed by atoms with E-state index in [0.717, 1.165) is 13.2 Å². The van der Waals surface area contributed by atoms with Crippen molar-refractivity contribution in [2.75, 3.05) is 27.1 Å². The van der Waals surface area contributed by atoms with Gasteiger partial charge in [0.2, 0.25) is 0 Å². The number of ether oxygens (including phenoxy) is 2. The molecule has 2 aliphatic heterocycles. The molecule has 3 nitrogen and oxygen atoms in total. The van der Waals surface area contributed by atoms with Gasteiger partial charge in [-0.1, -0.05) is 27.7 Å². The topological polar surface area (TPSA) is 21.7 Å². The Kier molecular flexibility index (Phi) is 7.98. The van der Waals surface area contributed by atoms with Crippen LogP contribution in [0.3, 0.4) is 0 Å². The lowest BCUT2D eigenvalue weighted by atomic mass is 9.98. The number of likely N-dealkylation sites (N-methyl/N-ethyl adjacent to an activating group) is 1. The first-order valence-corrected chi connectivity index (χ1v) is 6.63. The van der Waals surface area contributed by atoms with Crippen LogP contribution in [-0.4, -0.2) is 43.5 Å². The quantitative estimate of drug-likeness (QED) is 0.640. The molecule has 0 N–H and O–H groups in total. The number of hydrogen-bond donors (Lipinski definition) is 0. The van der Waals surface area contributed by atoms with Crippen LogP contribution in [0.2, 0.25) is 0 Å². The van der Waals surface area contributed by atoms with Crippen molar-refractivity contribution in [3.63, 3.8) is 0 Å². The van der Waals surface area contributed by atoms with Crippen LogP contribution < -0.4 is 0 Å². The normalized spacial score (nSPS) is 27.8. The van der Waals surface area contributed by atoms with Crippen molar-refractivity contribution >= 4 is 0 Å². The van der Waals surface area contributed by atoms with Crippen molar-refractivity contribution < 1.29 is 9.47 Å². The molecule has 1 atom stereocenters. The monoisotopic (exact) mass is 231 g/mol. The van der Waals surface area contributed by atoms with Gasteiger partial charge >= 0.3 is 0 Å². The van der Waals surface area contributed by atoms with Gasteiger partial charge in [-0.15, -0.1) is 0 Å². The Morgan fingerprint density at radius 1 is 1.06 bits per heavy atom. The van der Waals surface area contributed by atoms with E-state index in [1.165, 1.54) is 12.8 Å². The fourth-order valence-electron chi connectivity index (χ4n) is 2.23. The van der Waals surface area contributed by atoms with Crippen molar-refractivity contribution in [2.24, 2.45) is 0 Å². The molecule has 98 valence electrons. The lowest BCUT2D eigenvalue weighted by molar-refractivity contribution is -0.166. The third-order valence-electron chi connectivity index (χ3n) is 3.34. The summed E-state index contributed by atoms with van der Waals surface area (Å²) in [5, 5.41) is 0. The summed E-state index contributed by atoms with van der Waals surface area (Å²) in [6.45, 7) is 12.4. The minimum absolute atomic E-state index is 0.192. The molecular weight excluding hydrogens is 202 g/mol. The Balaban J connectivity index is 0.000000509. The van der Waals surface area contributed by atoms with Gasteiger partial charge in [0.05, 0.1) is 18.8 Å². The molecule has 3 heteroatoms. The van der Waals surface area contributed by atoms with E-state index in [1.54, 1.807) is 0 Å². The molecule has 0 aromatic carbocycles. The van der Waals surface area contributed by atoms with Crippen LogP contribution in [0.4, 0.5) is 0 Å². The average Bonchev–Trinajstić information content (AvgIpc) is 2.65. The summed E-state index contributed by atoms with van der Waals surface area (Å²) in [6, 6.07) is 0.676. The van der Waals surface area contributed by atoms with Crippen molar-refractivity contribution in [2.45, 2.75) is 59.0 Å². The van der Waals surface area contributed by atoms with Crippen LogP contribution >= 0.6 is 0 Å². The molecule has 2 saturated heterocycles. The highest BCUT2D eigenvalue weighted by Gasteiger charge is 2.44. The molecule has 0 aromatic heterocycles. The number of rotatable bonds is 0. The SMILES string of the molecule is CC.CC.CC1CCC2(COCOC2)N1C. The first-order chi connectivity index (χ1) is 7.75. The van der Waals surface area contributed by atoms with Crippen LogP contribution in [0.5, 0.6) is 0 Å². The Bertz CT molecular complexity index is 162. The highest BCUT2D eigenvalue weighted by molar-refractivity contribution is 4.98. The molecule has 0 aromatic rings. The molecule has 2 rings (SSSR count). The van der Waals surface area contributed by atoms with Gasteiger partial charge in [0.15, 0.2) is 0 Å². The van der Waals surface area contributed by atoms with E-state index < -0.39 is 0 Å². The smallest absolute Gasteiger partial charge is 0.146 e. The molecule has 1 spiro atoms. The van der Waals surface area contributed by atoms with Crippen LogP contribution in [-0.2, 0) is 9.47 Å². The second-order valence-electron chi connectivity index (χ2n) is 4.04. The van der Waals surface area contributed by atoms with Crippen molar-refractivity contribution in [3.8, 4) is 0 Å². The van der Waals surface area contributed by atoms with Gasteiger partial charge in [-0.25, -0.2) is 0 Å². The first kappa shape index (κ1) is 15.9. The zero-order chi connectivity index (χ0) is 12.6. The molecule has 0 amide bonds. The van der Waals surface area contributed by atoms with Gasteiger partial charge in [0.25, 0.3) is 0 Å². The van der Waals surface area contributed by atoms with Crippen LogP contribution in [0.25, 0.3) is 0 Å². The zero-order valence-electron chi connectivity index (χ0n) is 11.9. The molecular formula is C13H29NO2. The van der Waals surface area contributed by atoms with E-state index >= 15 is 0 Å². The maximum absolute atomic E-state index is 5.36. The van der Waals surface area contributed by atoms with Crippen LogP contribution in [0.15, 0.2) is 0 Å². The second-order valence-corrected chi connectivity index (χ2v) is 4.04. The molecule has 2 fully saturated rings. The Labute approximate surface area is 101 Å². The van der Waals surface area contributed by atoms with E-state index in [-0.39, 0.29) is 5.54 Å². The molecule has 0 saturated carbocycles. The Morgan fingerprint density at radius 3 is 1.94 bits per heavy atom. The fraction of sp³-hybridized carbons (Fsp3) is 1.00. The first-order valence-electron chi connectivity index (χ1n) is 6.63. The third-order valence-corrected chi connectivity index (χ3v) is 3.34. The van der Waals surface area contributed by atoms with Crippen molar-refractivity contribution in [1.29, 1.82) is 0 Å². The number of hydrogen-bond acceptors (Lipinski definition) is 3. The largest absolute Gasteiger partial charge is 0.353 e. The lowest BCUT2D eigenvalue weighted by Crippen LogP contribution is -2.53. The molecule has 0 radical (unpaired) electrons. The Hall–Kier alpha value is -0.120. The van der Waals surface area contributed by atoms with Gasteiger partial charge in [0, 0.05) is 6.04 Å². The molecule has 16 heavy (non-hydrogen) atoms. The molecule has 2 heterocycles. The minimum atomic E-state index is 0.192. The zero-order valence-corrected chi connectivity index (χ0v) is 11.9. The van der Waals surface area contributed by atoms with E-state index in [1.807, 2.05) is 27.7 Å². The highest BCUT2D eigenvalue weighted by Crippen LogP contribution is 2.34. The molecule has 0 bridgehead atoms. The van der Waals surface area contributed by atoms with Crippen LogP contribution in [0.1, 0.15) is 47.5 Å². The fourth-order valence-corrected chi connectivity index (χ4v) is 2.23. The summed E-state index contributed by atoms with van der Waals surface area (Å²) in [7, 11) is 2.18. The van der Waals surface area contributed by atoms with E-state index in [9.17, 15) is 0 Å². The van der Waals surface area contributed by atoms with Gasteiger partial charge < -0.3 is 9.47 Å². The van der Waals surface area contributed by atoms with Crippen LogP contribution in [0, 0.1) is 0 Å². The maximum atomic E-state index is 5.36. The summed E-state index contributed by atoms with van der Waals surface area (Å²) >= 11 is 0. The van der Waals surface area contributed by atoms with E-state index in [2.05, 4.69) is 18.9 Å². The second kappa shape index (κ2) is 8.04. The van der Waals surface area contributed by atoms with Gasteiger partial charge in [-0.05, 0) is 26.8 Å². The number of nitrogens with zero attached hydrogens (tertiary/aromatic N) is 1. The molecule has 2 aliphatic rings. The molecule has 1 unspecified atom stereocenters. The summed E-state index contributed by atoms with van der Waals surface area (Å²) in [6.07, 6.45) is 2.48. The summed E-state index contributed by atoms with van der Waals surface area (Å²) in [5.74, 6) is 0. The number of likely N-dealkylation sites (tertiary alicyclic amines) is 1. The van der Waals surface area contributed by atoms with Crippen molar-refractivity contribution in [3.05, 3.63) is 0 Å². The Morgan fingerprint density at radius 2 is 1.56 bits per heavy atom. The third kappa shape index (κ3) is 3.44. The van der Waals surface area contributed by atoms with Gasteiger partial charge in [-0.2, -0.15) is 0 Å². The average molecular weight is 231 g/mol. The predicted octanol–water partition coefficient (Wildman–Crippen LogP) is 2.90. The van der Waals surface area contributed by atoms with Gasteiger partial charge in [0.1, 0.15) is 6.79 Å². The van der Waals surface area contributed by atoms with E-state index in [4.69, 9.17) is 9.47 Å². The molecule has 0 aliphatic carbocycles. The van der Waals surface area contributed by atoms with Gasteiger partial charge in [-0.3, -0.25) is 4.90 Å². The summed E-state index contributed by atoms with van der Waals surface area (Å²) in [5.41, 5.74) is 0.192. The standard InChI is InChI=1S/C9H17NO2.2C2H6/c1-8-3-4-9(10(8)2)5-11-7-12-6-9;2*1-2/h8H,3-7H2,1-2H3;2*1-2H3. The highest BCUT2D eigenvalue weighted by atomic mass is 16.7. The predicted molar refractivity (Wildman–Crippen MR) is 68.7 cm³/mol. The van der Waals surface area contributed by atoms with E-state index in [0.29, 0.717) is 12.8 Å². The summed E-state index contributed by atoms with van der Waals surface area (Å²) in [4.78, 5) is 2.41. The van der Waals surface area contributed by atoms with Crippen molar-refractivity contribution in [1.82, 2.24) is 4.90 Å². The minimum Gasteiger partial charge on any atom is -0.353 e. The maximum Gasteiger partial charge on any atom is 0.146 e. The lowest BCUT2D eigenvalue weighted by Gasteiger charge is -2.40.